The lowest BCUT2D eigenvalue weighted by Gasteiger charge is -2.25. The standard InChI is InChI=1S/C14H15ClN4/c15-12-10-18-8-6-13(12)19(9-7-14(16)17)11-4-2-1-3-5-11/h1-6,8,10H,7,9H2,(H3,16,17). The average molecular weight is 275 g/mol. The molecule has 0 saturated heterocycles. The molecule has 4 nitrogen and oxygen atoms in total. The van der Waals surface area contributed by atoms with Gasteiger partial charge in [0.1, 0.15) is 0 Å². The minimum absolute atomic E-state index is 0.158. The van der Waals surface area contributed by atoms with Crippen molar-refractivity contribution in [1.82, 2.24) is 4.98 Å². The maximum Gasteiger partial charge on any atom is 0.0923 e. The number of aromatic nitrogens is 1. The van der Waals surface area contributed by atoms with E-state index in [1.807, 2.05) is 41.3 Å². The van der Waals surface area contributed by atoms with Crippen molar-refractivity contribution >= 4 is 28.8 Å². The number of rotatable bonds is 5. The molecule has 98 valence electrons. The second-order valence-electron chi connectivity index (χ2n) is 4.09. The van der Waals surface area contributed by atoms with Crippen molar-refractivity contribution in [3.05, 3.63) is 53.8 Å². The van der Waals surface area contributed by atoms with Crippen LogP contribution in [0.15, 0.2) is 48.8 Å². The van der Waals surface area contributed by atoms with Crippen LogP contribution in [-0.4, -0.2) is 17.4 Å². The molecule has 2 rings (SSSR count). The summed E-state index contributed by atoms with van der Waals surface area (Å²) in [6.45, 7) is 0.600. The van der Waals surface area contributed by atoms with Gasteiger partial charge in [-0.15, -0.1) is 0 Å². The third kappa shape index (κ3) is 3.45. The molecule has 0 unspecified atom stereocenters. The van der Waals surface area contributed by atoms with Gasteiger partial charge in [0.25, 0.3) is 0 Å². The SMILES string of the molecule is N=C(N)CCN(c1ccccc1)c1ccncc1Cl. The molecule has 1 aromatic heterocycles. The summed E-state index contributed by atoms with van der Waals surface area (Å²) in [5, 5.41) is 7.95. The first-order valence-electron chi connectivity index (χ1n) is 5.93. The fourth-order valence-electron chi connectivity index (χ4n) is 1.82. The first kappa shape index (κ1) is 13.4. The molecule has 0 aliphatic heterocycles. The van der Waals surface area contributed by atoms with Gasteiger partial charge in [-0.1, -0.05) is 29.8 Å². The third-order valence-corrected chi connectivity index (χ3v) is 3.01. The van der Waals surface area contributed by atoms with Gasteiger partial charge in [0, 0.05) is 31.0 Å². The number of amidine groups is 1. The summed E-state index contributed by atoms with van der Waals surface area (Å²) in [5.41, 5.74) is 7.32. The van der Waals surface area contributed by atoms with Crippen molar-refractivity contribution in [2.75, 3.05) is 11.4 Å². The topological polar surface area (TPSA) is 66.0 Å². The Morgan fingerprint density at radius 2 is 2.00 bits per heavy atom. The van der Waals surface area contributed by atoms with E-state index in [-0.39, 0.29) is 5.84 Å². The summed E-state index contributed by atoms with van der Waals surface area (Å²) in [6, 6.07) is 11.7. The Morgan fingerprint density at radius 3 is 2.63 bits per heavy atom. The molecule has 0 spiro atoms. The van der Waals surface area contributed by atoms with Crippen LogP contribution in [0.2, 0.25) is 5.02 Å². The number of benzene rings is 1. The lowest BCUT2D eigenvalue weighted by atomic mass is 10.2. The maximum absolute atomic E-state index is 7.37. The molecule has 19 heavy (non-hydrogen) atoms. The minimum Gasteiger partial charge on any atom is -0.388 e. The lowest BCUT2D eigenvalue weighted by molar-refractivity contribution is 0.952. The molecule has 0 bridgehead atoms. The second kappa shape index (κ2) is 6.20. The Morgan fingerprint density at radius 1 is 1.26 bits per heavy atom. The molecule has 0 aliphatic rings. The van der Waals surface area contributed by atoms with E-state index in [0.717, 1.165) is 11.4 Å². The van der Waals surface area contributed by atoms with Crippen LogP contribution in [0.25, 0.3) is 0 Å². The highest BCUT2D eigenvalue weighted by Crippen LogP contribution is 2.30. The molecule has 0 radical (unpaired) electrons. The van der Waals surface area contributed by atoms with E-state index in [2.05, 4.69) is 4.98 Å². The Labute approximate surface area is 117 Å². The van der Waals surface area contributed by atoms with Crippen LogP contribution < -0.4 is 10.6 Å². The van der Waals surface area contributed by atoms with Crippen LogP contribution in [0, 0.1) is 5.41 Å². The summed E-state index contributed by atoms with van der Waals surface area (Å²) in [6.07, 6.45) is 3.79. The van der Waals surface area contributed by atoms with E-state index in [1.54, 1.807) is 12.4 Å². The fourth-order valence-corrected chi connectivity index (χ4v) is 2.04. The molecule has 0 aliphatic carbocycles. The van der Waals surface area contributed by atoms with Crippen molar-refractivity contribution in [3.63, 3.8) is 0 Å². The molecule has 1 aromatic carbocycles. The zero-order valence-corrected chi connectivity index (χ0v) is 11.1. The van der Waals surface area contributed by atoms with Gasteiger partial charge < -0.3 is 10.6 Å². The van der Waals surface area contributed by atoms with Gasteiger partial charge in [0.05, 0.1) is 16.5 Å². The summed E-state index contributed by atoms with van der Waals surface area (Å²) in [5.74, 6) is 0.158. The average Bonchev–Trinajstić information content (AvgIpc) is 2.42. The van der Waals surface area contributed by atoms with Gasteiger partial charge in [0.15, 0.2) is 0 Å². The zero-order chi connectivity index (χ0) is 13.7. The van der Waals surface area contributed by atoms with Gasteiger partial charge in [-0.05, 0) is 18.2 Å². The van der Waals surface area contributed by atoms with Gasteiger partial charge in [-0.25, -0.2) is 0 Å². The Hall–Kier alpha value is -2.07. The van der Waals surface area contributed by atoms with Crippen molar-refractivity contribution < 1.29 is 0 Å². The van der Waals surface area contributed by atoms with Crippen LogP contribution in [0.1, 0.15) is 6.42 Å². The van der Waals surface area contributed by atoms with Crippen molar-refractivity contribution in [2.45, 2.75) is 6.42 Å². The van der Waals surface area contributed by atoms with E-state index in [4.69, 9.17) is 22.7 Å². The molecule has 2 aromatic rings. The summed E-state index contributed by atoms with van der Waals surface area (Å²) in [7, 11) is 0. The first-order valence-corrected chi connectivity index (χ1v) is 6.31. The number of nitrogens with zero attached hydrogens (tertiary/aromatic N) is 2. The predicted octanol–water partition coefficient (Wildman–Crippen LogP) is 3.20. The molecule has 0 atom stereocenters. The fraction of sp³-hybridized carbons (Fsp3) is 0.143. The van der Waals surface area contributed by atoms with Crippen LogP contribution >= 0.6 is 11.6 Å². The van der Waals surface area contributed by atoms with E-state index >= 15 is 0 Å². The Balaban J connectivity index is 2.35. The van der Waals surface area contributed by atoms with Gasteiger partial charge in [0.2, 0.25) is 0 Å². The summed E-state index contributed by atoms with van der Waals surface area (Å²) >= 11 is 6.20. The molecular formula is C14H15ClN4. The first-order chi connectivity index (χ1) is 9.18. The minimum atomic E-state index is 0.158. The van der Waals surface area contributed by atoms with Crippen molar-refractivity contribution in [2.24, 2.45) is 5.73 Å². The summed E-state index contributed by atoms with van der Waals surface area (Å²) in [4.78, 5) is 6.02. The van der Waals surface area contributed by atoms with E-state index < -0.39 is 0 Å². The molecular weight excluding hydrogens is 260 g/mol. The van der Waals surface area contributed by atoms with Crippen LogP contribution in [0.3, 0.4) is 0 Å². The van der Waals surface area contributed by atoms with Gasteiger partial charge in [-0.2, -0.15) is 0 Å². The number of hydrogen-bond donors (Lipinski definition) is 2. The van der Waals surface area contributed by atoms with Gasteiger partial charge >= 0.3 is 0 Å². The molecule has 0 fully saturated rings. The van der Waals surface area contributed by atoms with Crippen LogP contribution in [-0.2, 0) is 0 Å². The monoisotopic (exact) mass is 274 g/mol. The highest BCUT2D eigenvalue weighted by atomic mass is 35.5. The molecule has 5 heteroatoms. The quantitative estimate of drug-likeness (QED) is 0.650. The number of nitrogens with one attached hydrogen (secondary N) is 1. The molecule has 3 N–H and O–H groups in total. The van der Waals surface area contributed by atoms with Gasteiger partial charge in [-0.3, -0.25) is 10.4 Å². The Kier molecular flexibility index (Phi) is 4.36. The normalized spacial score (nSPS) is 10.2. The number of pyridine rings is 1. The number of nitrogens with two attached hydrogens (primary N) is 1. The molecule has 0 amide bonds. The van der Waals surface area contributed by atoms with Crippen molar-refractivity contribution in [1.29, 1.82) is 5.41 Å². The van der Waals surface area contributed by atoms with E-state index in [9.17, 15) is 0 Å². The van der Waals surface area contributed by atoms with Crippen molar-refractivity contribution in [3.8, 4) is 0 Å². The maximum atomic E-state index is 7.37. The second-order valence-corrected chi connectivity index (χ2v) is 4.50. The van der Waals surface area contributed by atoms with E-state index in [0.29, 0.717) is 18.0 Å². The van der Waals surface area contributed by atoms with E-state index in [1.165, 1.54) is 0 Å². The smallest absolute Gasteiger partial charge is 0.0923 e. The highest BCUT2D eigenvalue weighted by Gasteiger charge is 2.12. The van der Waals surface area contributed by atoms with Crippen LogP contribution in [0.4, 0.5) is 11.4 Å². The largest absolute Gasteiger partial charge is 0.388 e. The lowest BCUT2D eigenvalue weighted by Crippen LogP contribution is -2.23. The predicted molar refractivity (Wildman–Crippen MR) is 79.2 cm³/mol. The summed E-state index contributed by atoms with van der Waals surface area (Å²) < 4.78 is 0. The third-order valence-electron chi connectivity index (χ3n) is 2.71. The number of hydrogen-bond acceptors (Lipinski definition) is 3. The molecule has 0 saturated carbocycles. The number of para-hydroxylation sites is 1. The Bertz CT molecular complexity index is 556. The number of halogens is 1. The number of anilines is 2. The molecule has 1 heterocycles. The highest BCUT2D eigenvalue weighted by molar-refractivity contribution is 6.33. The van der Waals surface area contributed by atoms with Crippen LogP contribution in [0.5, 0.6) is 0 Å². The zero-order valence-electron chi connectivity index (χ0n) is 10.4.